The molecular formula is C19H28N2O5S. The number of methoxy groups -OCH3 is 1. The third kappa shape index (κ3) is 5.43. The topological polar surface area (TPSA) is 93.7 Å². The Kier molecular flexibility index (Phi) is 6.39. The predicted octanol–water partition coefficient (Wildman–Crippen LogP) is 2.21. The minimum absolute atomic E-state index is 0.00319. The van der Waals surface area contributed by atoms with E-state index in [-0.39, 0.29) is 34.7 Å². The molecule has 3 rings (SSSR count). The molecule has 1 aromatic carbocycles. The predicted molar refractivity (Wildman–Crippen MR) is 101 cm³/mol. The van der Waals surface area contributed by atoms with Gasteiger partial charge in [-0.25, -0.2) is 13.1 Å². The van der Waals surface area contributed by atoms with Gasteiger partial charge in [-0.1, -0.05) is 0 Å². The first-order valence-electron chi connectivity index (χ1n) is 9.52. The number of benzene rings is 1. The second kappa shape index (κ2) is 8.58. The van der Waals surface area contributed by atoms with E-state index in [1.54, 1.807) is 6.07 Å². The highest BCUT2D eigenvalue weighted by molar-refractivity contribution is 7.89. The van der Waals surface area contributed by atoms with Gasteiger partial charge in [-0.05, 0) is 63.6 Å². The highest BCUT2D eigenvalue weighted by Crippen LogP contribution is 2.28. The first-order chi connectivity index (χ1) is 12.9. The van der Waals surface area contributed by atoms with E-state index in [0.717, 1.165) is 45.1 Å². The summed E-state index contributed by atoms with van der Waals surface area (Å²) >= 11 is 0. The fourth-order valence-electron chi connectivity index (χ4n) is 3.20. The van der Waals surface area contributed by atoms with E-state index in [0.29, 0.717) is 5.56 Å². The molecule has 2 unspecified atom stereocenters. The summed E-state index contributed by atoms with van der Waals surface area (Å²) in [5.74, 6) is -0.0634. The van der Waals surface area contributed by atoms with Gasteiger partial charge in [-0.3, -0.25) is 4.79 Å². The van der Waals surface area contributed by atoms with Crippen LogP contribution in [0.4, 0.5) is 0 Å². The molecule has 0 bridgehead atoms. The SMILES string of the molecule is COc1ccc(C(=O)NC(C)CCC2CCCO2)cc1S(=O)(=O)NC1CC1. The van der Waals surface area contributed by atoms with Crippen molar-refractivity contribution < 1.29 is 22.7 Å². The molecule has 1 saturated heterocycles. The third-order valence-electron chi connectivity index (χ3n) is 4.94. The lowest BCUT2D eigenvalue weighted by Crippen LogP contribution is -2.33. The number of nitrogens with one attached hydrogen (secondary N) is 2. The minimum atomic E-state index is -3.72. The number of hydrogen-bond donors (Lipinski definition) is 2. The average molecular weight is 397 g/mol. The number of ether oxygens (including phenoxy) is 2. The number of sulfonamides is 1. The maximum Gasteiger partial charge on any atom is 0.251 e. The van der Waals surface area contributed by atoms with Gasteiger partial charge in [0, 0.05) is 24.3 Å². The molecule has 2 N–H and O–H groups in total. The fraction of sp³-hybridized carbons (Fsp3) is 0.632. The summed E-state index contributed by atoms with van der Waals surface area (Å²) in [7, 11) is -2.30. The van der Waals surface area contributed by atoms with Crippen LogP contribution in [0.5, 0.6) is 5.75 Å². The first kappa shape index (κ1) is 20.1. The van der Waals surface area contributed by atoms with Crippen LogP contribution in [-0.2, 0) is 14.8 Å². The Morgan fingerprint density at radius 3 is 2.74 bits per heavy atom. The van der Waals surface area contributed by atoms with Gasteiger partial charge in [0.1, 0.15) is 10.6 Å². The van der Waals surface area contributed by atoms with Gasteiger partial charge in [0.05, 0.1) is 13.2 Å². The third-order valence-corrected chi connectivity index (χ3v) is 6.48. The highest BCUT2D eigenvalue weighted by Gasteiger charge is 2.30. The lowest BCUT2D eigenvalue weighted by Gasteiger charge is -2.17. The summed E-state index contributed by atoms with van der Waals surface area (Å²) in [6, 6.07) is 4.44. The number of carbonyl (C=O) groups excluding carboxylic acids is 1. The molecule has 8 heteroatoms. The van der Waals surface area contributed by atoms with E-state index in [4.69, 9.17) is 9.47 Å². The lowest BCUT2D eigenvalue weighted by atomic mass is 10.1. The summed E-state index contributed by atoms with van der Waals surface area (Å²) in [5, 5.41) is 2.94. The van der Waals surface area contributed by atoms with Gasteiger partial charge in [-0.15, -0.1) is 0 Å². The number of rotatable bonds is 9. The normalized spacial score (nSPS) is 21.0. The zero-order chi connectivity index (χ0) is 19.4. The van der Waals surface area contributed by atoms with E-state index in [2.05, 4.69) is 10.0 Å². The Balaban J connectivity index is 1.66. The Morgan fingerprint density at radius 1 is 1.33 bits per heavy atom. The molecule has 7 nitrogen and oxygen atoms in total. The van der Waals surface area contributed by atoms with Crippen LogP contribution in [0.25, 0.3) is 0 Å². The van der Waals surface area contributed by atoms with Crippen molar-refractivity contribution in [2.24, 2.45) is 0 Å². The van der Waals surface area contributed by atoms with Gasteiger partial charge in [-0.2, -0.15) is 0 Å². The van der Waals surface area contributed by atoms with E-state index in [1.165, 1.54) is 19.2 Å². The molecule has 1 aliphatic carbocycles. The van der Waals surface area contributed by atoms with Gasteiger partial charge in [0.25, 0.3) is 5.91 Å². The quantitative estimate of drug-likeness (QED) is 0.667. The minimum Gasteiger partial charge on any atom is -0.495 e. The molecule has 0 spiro atoms. The van der Waals surface area contributed by atoms with E-state index in [9.17, 15) is 13.2 Å². The Bertz CT molecular complexity index is 770. The van der Waals surface area contributed by atoms with E-state index in [1.807, 2.05) is 6.92 Å². The largest absolute Gasteiger partial charge is 0.495 e. The van der Waals surface area contributed by atoms with Crippen molar-refractivity contribution in [3.8, 4) is 5.75 Å². The van der Waals surface area contributed by atoms with Crippen molar-refractivity contribution in [3.05, 3.63) is 23.8 Å². The fourth-order valence-corrected chi connectivity index (χ4v) is 4.70. The molecule has 1 heterocycles. The Hall–Kier alpha value is -1.64. The van der Waals surface area contributed by atoms with Crippen LogP contribution in [0.1, 0.15) is 55.8 Å². The number of hydrogen-bond acceptors (Lipinski definition) is 5. The van der Waals surface area contributed by atoms with Crippen molar-refractivity contribution >= 4 is 15.9 Å². The second-order valence-corrected chi connectivity index (χ2v) is 9.03. The molecule has 2 aliphatic rings. The average Bonchev–Trinajstić information content (AvgIpc) is 3.28. The lowest BCUT2D eigenvalue weighted by molar-refractivity contribution is 0.0899. The van der Waals surface area contributed by atoms with Crippen LogP contribution in [0.3, 0.4) is 0 Å². The molecule has 1 amide bonds. The molecule has 0 aromatic heterocycles. The molecule has 1 saturated carbocycles. The second-order valence-electron chi connectivity index (χ2n) is 7.35. The maximum absolute atomic E-state index is 12.6. The van der Waals surface area contributed by atoms with E-state index < -0.39 is 10.0 Å². The summed E-state index contributed by atoms with van der Waals surface area (Å²) in [6.45, 7) is 2.77. The number of amides is 1. The van der Waals surface area contributed by atoms with Crippen LogP contribution in [-0.4, -0.2) is 46.2 Å². The van der Waals surface area contributed by atoms with Crippen molar-refractivity contribution in [1.29, 1.82) is 0 Å². The van der Waals surface area contributed by atoms with Crippen LogP contribution in [0, 0.1) is 0 Å². The van der Waals surface area contributed by atoms with Crippen LogP contribution >= 0.6 is 0 Å². The molecule has 1 aromatic rings. The highest BCUT2D eigenvalue weighted by atomic mass is 32.2. The van der Waals surface area contributed by atoms with Gasteiger partial charge in [0.2, 0.25) is 10.0 Å². The molecule has 2 atom stereocenters. The summed E-state index contributed by atoms with van der Waals surface area (Å²) < 4.78 is 38.6. The summed E-state index contributed by atoms with van der Waals surface area (Å²) in [6.07, 6.45) is 5.87. The van der Waals surface area contributed by atoms with Crippen molar-refractivity contribution in [2.75, 3.05) is 13.7 Å². The number of carbonyl (C=O) groups is 1. The summed E-state index contributed by atoms with van der Waals surface area (Å²) in [5.41, 5.74) is 0.302. The molecule has 27 heavy (non-hydrogen) atoms. The van der Waals surface area contributed by atoms with Gasteiger partial charge in [0.15, 0.2) is 0 Å². The van der Waals surface area contributed by atoms with Gasteiger partial charge < -0.3 is 14.8 Å². The molecule has 1 aliphatic heterocycles. The van der Waals surface area contributed by atoms with Crippen molar-refractivity contribution in [2.45, 2.75) is 68.5 Å². The molecule has 0 radical (unpaired) electrons. The van der Waals surface area contributed by atoms with E-state index >= 15 is 0 Å². The van der Waals surface area contributed by atoms with Crippen LogP contribution in [0.2, 0.25) is 0 Å². The molecule has 150 valence electrons. The van der Waals surface area contributed by atoms with Crippen molar-refractivity contribution in [3.63, 3.8) is 0 Å². The Labute approximate surface area is 160 Å². The molecular weight excluding hydrogens is 368 g/mol. The van der Waals surface area contributed by atoms with Gasteiger partial charge >= 0.3 is 0 Å². The zero-order valence-corrected chi connectivity index (χ0v) is 16.7. The first-order valence-corrected chi connectivity index (χ1v) is 11.0. The van der Waals surface area contributed by atoms with Crippen LogP contribution in [0.15, 0.2) is 23.1 Å². The van der Waals surface area contributed by atoms with Crippen molar-refractivity contribution in [1.82, 2.24) is 10.0 Å². The smallest absolute Gasteiger partial charge is 0.251 e. The monoisotopic (exact) mass is 396 g/mol. The van der Waals surface area contributed by atoms with Crippen LogP contribution < -0.4 is 14.8 Å². The molecule has 2 fully saturated rings. The zero-order valence-electron chi connectivity index (χ0n) is 15.9. The Morgan fingerprint density at radius 2 is 2.11 bits per heavy atom. The summed E-state index contributed by atoms with van der Waals surface area (Å²) in [4.78, 5) is 12.6. The standard InChI is InChI=1S/C19H28N2O5S/c1-13(5-9-16-4-3-11-26-16)20-19(22)14-6-10-17(25-2)18(12-14)27(23,24)21-15-7-8-15/h6,10,12-13,15-16,21H,3-5,7-9,11H2,1-2H3,(H,20,22). The maximum atomic E-state index is 12.6.